The number of hydrogen-bond acceptors (Lipinski definition) is 4. The molecule has 0 saturated carbocycles. The lowest BCUT2D eigenvalue weighted by atomic mass is 10.1. The van der Waals surface area contributed by atoms with E-state index >= 15 is 0 Å². The minimum atomic E-state index is -0.807. The predicted molar refractivity (Wildman–Crippen MR) is 109 cm³/mol. The van der Waals surface area contributed by atoms with Crippen LogP contribution in [0.5, 0.6) is 0 Å². The molecule has 1 aromatic heterocycles. The van der Waals surface area contributed by atoms with Crippen LogP contribution in [0.25, 0.3) is 0 Å². The number of rotatable bonds is 7. The second kappa shape index (κ2) is 9.85. The molecule has 1 aromatic carbocycles. The molecule has 0 fully saturated rings. The summed E-state index contributed by atoms with van der Waals surface area (Å²) in [6.45, 7) is 6.18. The molecule has 0 aliphatic heterocycles. The van der Waals surface area contributed by atoms with Crippen LogP contribution in [0.4, 0.5) is 4.79 Å². The third-order valence-corrected chi connectivity index (χ3v) is 4.45. The van der Waals surface area contributed by atoms with E-state index in [1.54, 1.807) is 29.4 Å². The van der Waals surface area contributed by atoms with Crippen molar-refractivity contribution in [3.63, 3.8) is 0 Å². The first kappa shape index (κ1) is 21.4. The number of aryl methyl sites for hydroxylation is 1. The lowest BCUT2D eigenvalue weighted by Gasteiger charge is -2.29. The van der Waals surface area contributed by atoms with Crippen LogP contribution in [-0.2, 0) is 11.2 Å². The normalized spacial score (nSPS) is 12.5. The first-order valence-electron chi connectivity index (χ1n) is 9.05. The maximum Gasteiger partial charge on any atom is 0.410 e. The molecule has 0 aliphatic carbocycles. The summed E-state index contributed by atoms with van der Waals surface area (Å²) in [6.07, 6.45) is 3.66. The Hall–Kier alpha value is -1.92. The number of aliphatic hydroxyl groups excluding tert-OH is 1. The molecule has 1 amide bonds. The predicted octanol–water partition coefficient (Wildman–Crippen LogP) is 4.75. The number of ether oxygens (including phenoxy) is 1. The third-order valence-electron chi connectivity index (χ3n) is 3.92. The number of hydrogen-bond donors (Lipinski definition) is 1. The summed E-state index contributed by atoms with van der Waals surface area (Å²) < 4.78 is 6.55. The van der Waals surface area contributed by atoms with Crippen LogP contribution >= 0.6 is 15.9 Å². The molecule has 0 spiro atoms. The highest BCUT2D eigenvalue weighted by atomic mass is 79.9. The van der Waals surface area contributed by atoms with Crippen LogP contribution in [0.3, 0.4) is 0 Å². The Labute approximate surface area is 169 Å². The SMILES string of the molecule is CC(C)(C)OC(=O)N(CCCc1ccc(Br)cc1)C[C@H](O)c1cccnc1. The van der Waals surface area contributed by atoms with Gasteiger partial charge in [0.05, 0.1) is 12.6 Å². The molecule has 0 radical (unpaired) electrons. The zero-order valence-corrected chi connectivity index (χ0v) is 17.6. The summed E-state index contributed by atoms with van der Waals surface area (Å²) in [5, 5.41) is 10.5. The number of pyridine rings is 1. The van der Waals surface area contributed by atoms with Crippen molar-refractivity contribution in [3.8, 4) is 0 Å². The lowest BCUT2D eigenvalue weighted by Crippen LogP contribution is -2.40. The summed E-state index contributed by atoms with van der Waals surface area (Å²) in [6, 6.07) is 11.7. The molecule has 2 aromatic rings. The Kier molecular flexibility index (Phi) is 7.80. The van der Waals surface area contributed by atoms with Crippen molar-refractivity contribution < 1.29 is 14.6 Å². The molecular weight excluding hydrogens is 408 g/mol. The zero-order valence-electron chi connectivity index (χ0n) is 16.1. The molecule has 0 unspecified atom stereocenters. The van der Waals surface area contributed by atoms with Crippen LogP contribution in [0, 0.1) is 0 Å². The topological polar surface area (TPSA) is 62.7 Å². The first-order valence-corrected chi connectivity index (χ1v) is 9.84. The van der Waals surface area contributed by atoms with Gasteiger partial charge in [0.15, 0.2) is 0 Å². The average Bonchev–Trinajstić information content (AvgIpc) is 2.61. The molecule has 5 nitrogen and oxygen atoms in total. The van der Waals surface area contributed by atoms with Crippen molar-refractivity contribution in [3.05, 3.63) is 64.4 Å². The number of amides is 1. The second-order valence-electron chi connectivity index (χ2n) is 7.46. The van der Waals surface area contributed by atoms with Gasteiger partial charge in [-0.25, -0.2) is 4.79 Å². The molecule has 6 heteroatoms. The summed E-state index contributed by atoms with van der Waals surface area (Å²) in [7, 11) is 0. The quantitative estimate of drug-likeness (QED) is 0.682. The van der Waals surface area contributed by atoms with E-state index in [-0.39, 0.29) is 6.54 Å². The third kappa shape index (κ3) is 7.69. The van der Waals surface area contributed by atoms with Crippen molar-refractivity contribution in [2.75, 3.05) is 13.1 Å². The van der Waals surface area contributed by atoms with Crippen LogP contribution in [-0.4, -0.2) is 39.8 Å². The van der Waals surface area contributed by atoms with Gasteiger partial charge in [0.2, 0.25) is 0 Å². The molecule has 1 atom stereocenters. The maximum atomic E-state index is 12.6. The van der Waals surface area contributed by atoms with E-state index < -0.39 is 17.8 Å². The molecule has 0 bridgehead atoms. The van der Waals surface area contributed by atoms with Crippen molar-refractivity contribution in [2.24, 2.45) is 0 Å². The van der Waals surface area contributed by atoms with Gasteiger partial charge < -0.3 is 14.7 Å². The van der Waals surface area contributed by atoms with Gasteiger partial charge in [0.25, 0.3) is 0 Å². The van der Waals surface area contributed by atoms with Gasteiger partial charge in [-0.3, -0.25) is 4.98 Å². The minimum Gasteiger partial charge on any atom is -0.444 e. The van der Waals surface area contributed by atoms with Gasteiger partial charge in [-0.2, -0.15) is 0 Å². The van der Waals surface area contributed by atoms with Gasteiger partial charge in [0.1, 0.15) is 5.60 Å². The van der Waals surface area contributed by atoms with E-state index in [1.807, 2.05) is 32.9 Å². The largest absolute Gasteiger partial charge is 0.444 e. The molecule has 0 aliphatic rings. The Morgan fingerprint density at radius 2 is 1.96 bits per heavy atom. The smallest absolute Gasteiger partial charge is 0.410 e. The second-order valence-corrected chi connectivity index (χ2v) is 8.37. The van der Waals surface area contributed by atoms with Crippen molar-refractivity contribution >= 4 is 22.0 Å². The van der Waals surface area contributed by atoms with E-state index in [1.165, 1.54) is 5.56 Å². The Morgan fingerprint density at radius 3 is 2.56 bits per heavy atom. The standard InChI is InChI=1S/C21H27BrN2O3/c1-21(2,3)27-20(26)24(15-19(25)17-7-4-12-23-14-17)13-5-6-16-8-10-18(22)11-9-16/h4,7-12,14,19,25H,5-6,13,15H2,1-3H3/t19-/m0/s1. The van der Waals surface area contributed by atoms with Gasteiger partial charge in [-0.15, -0.1) is 0 Å². The Balaban J connectivity index is 2.00. The van der Waals surface area contributed by atoms with Gasteiger partial charge in [-0.05, 0) is 57.4 Å². The molecule has 146 valence electrons. The van der Waals surface area contributed by atoms with Crippen molar-refractivity contribution in [1.29, 1.82) is 0 Å². The van der Waals surface area contributed by atoms with E-state index in [0.29, 0.717) is 12.1 Å². The number of carbonyl (C=O) groups is 1. The van der Waals surface area contributed by atoms with Crippen LogP contribution in [0.2, 0.25) is 0 Å². The Morgan fingerprint density at radius 1 is 1.26 bits per heavy atom. The van der Waals surface area contributed by atoms with E-state index in [9.17, 15) is 9.90 Å². The van der Waals surface area contributed by atoms with E-state index in [2.05, 4.69) is 33.0 Å². The maximum absolute atomic E-state index is 12.6. The number of aromatic nitrogens is 1. The highest BCUT2D eigenvalue weighted by Crippen LogP contribution is 2.17. The van der Waals surface area contributed by atoms with Crippen molar-refractivity contribution in [2.45, 2.75) is 45.3 Å². The van der Waals surface area contributed by atoms with E-state index in [0.717, 1.165) is 17.3 Å². The lowest BCUT2D eigenvalue weighted by molar-refractivity contribution is 0.0142. The van der Waals surface area contributed by atoms with Gasteiger partial charge >= 0.3 is 6.09 Å². The summed E-state index contributed by atoms with van der Waals surface area (Å²) in [5.74, 6) is 0. The fourth-order valence-electron chi connectivity index (χ4n) is 2.60. The number of halogens is 1. The average molecular weight is 435 g/mol. The number of carbonyl (C=O) groups excluding carboxylic acids is 1. The molecule has 1 heterocycles. The first-order chi connectivity index (χ1) is 12.7. The van der Waals surface area contributed by atoms with Crippen LogP contribution in [0.1, 0.15) is 44.4 Å². The molecule has 0 saturated heterocycles. The zero-order chi connectivity index (χ0) is 19.9. The highest BCUT2D eigenvalue weighted by molar-refractivity contribution is 9.10. The number of nitrogens with zero attached hydrogens (tertiary/aromatic N) is 2. The summed E-state index contributed by atoms with van der Waals surface area (Å²) in [4.78, 5) is 18.2. The molecule has 27 heavy (non-hydrogen) atoms. The number of aliphatic hydroxyl groups is 1. The van der Waals surface area contributed by atoms with Gasteiger partial charge in [0, 0.05) is 29.0 Å². The van der Waals surface area contributed by atoms with Gasteiger partial charge in [-0.1, -0.05) is 34.1 Å². The van der Waals surface area contributed by atoms with E-state index in [4.69, 9.17) is 4.74 Å². The summed E-state index contributed by atoms with van der Waals surface area (Å²) in [5.41, 5.74) is 1.30. The summed E-state index contributed by atoms with van der Waals surface area (Å²) >= 11 is 3.43. The highest BCUT2D eigenvalue weighted by Gasteiger charge is 2.24. The van der Waals surface area contributed by atoms with Crippen molar-refractivity contribution in [1.82, 2.24) is 9.88 Å². The fourth-order valence-corrected chi connectivity index (χ4v) is 2.86. The molecule has 1 N–H and O–H groups in total. The number of benzene rings is 1. The Bertz CT molecular complexity index is 714. The minimum absolute atomic E-state index is 0.168. The van der Waals surface area contributed by atoms with Crippen LogP contribution in [0.15, 0.2) is 53.3 Å². The molecule has 2 rings (SSSR count). The fraction of sp³-hybridized carbons (Fsp3) is 0.429. The molecular formula is C21H27BrN2O3. The monoisotopic (exact) mass is 434 g/mol. The van der Waals surface area contributed by atoms with Crippen LogP contribution < -0.4 is 0 Å².